The third-order valence-corrected chi connectivity index (χ3v) is 7.46. The van der Waals surface area contributed by atoms with Gasteiger partial charge in [0.2, 0.25) is 0 Å². The number of methoxy groups -OCH3 is 1. The van der Waals surface area contributed by atoms with E-state index in [2.05, 4.69) is 21.8 Å². The SMILES string of the molecule is COc1ccccc1C1CC(C(F)(F)F)n2ncc(C(=O)Nc3sc4c(c3C#N)CCC4)c2N1. The Morgan fingerprint density at radius 3 is 2.88 bits per heavy atom. The first-order valence-corrected chi connectivity index (χ1v) is 11.5. The topological polar surface area (TPSA) is 92.0 Å². The average molecular weight is 488 g/mol. The first-order valence-electron chi connectivity index (χ1n) is 10.7. The molecule has 0 radical (unpaired) electrons. The fourth-order valence-electron chi connectivity index (χ4n) is 4.67. The van der Waals surface area contributed by atoms with Crippen molar-refractivity contribution in [3.05, 3.63) is 57.6 Å². The first-order chi connectivity index (χ1) is 16.3. The van der Waals surface area contributed by atoms with Crippen molar-refractivity contribution in [2.45, 2.75) is 43.9 Å². The molecule has 0 spiro atoms. The van der Waals surface area contributed by atoms with Crippen LogP contribution in [0.5, 0.6) is 5.75 Å². The predicted molar refractivity (Wildman–Crippen MR) is 120 cm³/mol. The molecule has 2 atom stereocenters. The molecule has 1 amide bonds. The zero-order valence-electron chi connectivity index (χ0n) is 18.1. The maximum absolute atomic E-state index is 14.0. The number of para-hydroxylation sites is 1. The van der Waals surface area contributed by atoms with Gasteiger partial charge in [0.1, 0.15) is 28.2 Å². The Kier molecular flexibility index (Phi) is 5.48. The van der Waals surface area contributed by atoms with Crippen LogP contribution in [0.25, 0.3) is 0 Å². The normalized spacial score (nSPS) is 19.0. The number of amides is 1. The van der Waals surface area contributed by atoms with Gasteiger partial charge >= 0.3 is 6.18 Å². The molecule has 3 aromatic rings. The first kappa shape index (κ1) is 22.3. The van der Waals surface area contributed by atoms with Gasteiger partial charge in [-0.2, -0.15) is 23.5 Å². The molecule has 0 saturated carbocycles. The molecule has 2 N–H and O–H groups in total. The number of thiophene rings is 1. The number of fused-ring (bicyclic) bond motifs is 2. The summed E-state index contributed by atoms with van der Waals surface area (Å²) in [5, 5.41) is 19.7. The molecule has 34 heavy (non-hydrogen) atoms. The molecule has 176 valence electrons. The van der Waals surface area contributed by atoms with E-state index in [9.17, 15) is 23.2 Å². The Bertz CT molecular complexity index is 1310. The number of halogens is 3. The maximum atomic E-state index is 14.0. The molecule has 2 aromatic heterocycles. The number of rotatable bonds is 4. The number of ether oxygens (including phenoxy) is 1. The Morgan fingerprint density at radius 2 is 2.15 bits per heavy atom. The van der Waals surface area contributed by atoms with Gasteiger partial charge in [0.25, 0.3) is 5.91 Å². The number of aromatic nitrogens is 2. The highest BCUT2D eigenvalue weighted by atomic mass is 32.1. The number of hydrogen-bond donors (Lipinski definition) is 2. The lowest BCUT2D eigenvalue weighted by molar-refractivity contribution is -0.173. The second kappa shape index (κ2) is 8.36. The lowest BCUT2D eigenvalue weighted by atomic mass is 9.95. The van der Waals surface area contributed by atoms with E-state index in [0.29, 0.717) is 21.9 Å². The number of alkyl halides is 3. The molecular weight excluding hydrogens is 467 g/mol. The van der Waals surface area contributed by atoms with Crippen LogP contribution in [-0.4, -0.2) is 29.0 Å². The van der Waals surface area contributed by atoms with Crippen molar-refractivity contribution >= 4 is 28.1 Å². The fourth-order valence-corrected chi connectivity index (χ4v) is 5.90. The van der Waals surface area contributed by atoms with Crippen LogP contribution in [0.3, 0.4) is 0 Å². The van der Waals surface area contributed by atoms with Crippen LogP contribution < -0.4 is 15.4 Å². The van der Waals surface area contributed by atoms with Crippen molar-refractivity contribution < 1.29 is 22.7 Å². The van der Waals surface area contributed by atoms with Gasteiger partial charge in [-0.15, -0.1) is 11.3 Å². The summed E-state index contributed by atoms with van der Waals surface area (Å²) in [5.74, 6) is -0.192. The predicted octanol–water partition coefficient (Wildman–Crippen LogP) is 5.23. The standard InChI is InChI=1S/C23H20F3N5O2S/c1-33-17-7-3-2-5-13(17)16-9-19(23(24,25)26)31-20(29-16)15(11-28-31)21(32)30-22-14(10-27)12-6-4-8-18(12)34-22/h2-3,5,7,11,16,19,29H,4,6,8-9H2,1H3,(H,30,32). The Morgan fingerprint density at radius 1 is 1.35 bits per heavy atom. The number of nitrogens with one attached hydrogen (secondary N) is 2. The Balaban J connectivity index is 1.51. The fraction of sp³-hybridized carbons (Fsp3) is 0.348. The van der Waals surface area contributed by atoms with Crippen LogP contribution >= 0.6 is 11.3 Å². The van der Waals surface area contributed by atoms with Crippen LogP contribution in [0, 0.1) is 11.3 Å². The molecule has 1 aliphatic heterocycles. The summed E-state index contributed by atoms with van der Waals surface area (Å²) in [5.41, 5.74) is 1.91. The van der Waals surface area contributed by atoms with Crippen LogP contribution in [0.2, 0.25) is 0 Å². The van der Waals surface area contributed by atoms with Crippen molar-refractivity contribution in [2.24, 2.45) is 0 Å². The number of nitriles is 1. The molecule has 0 fully saturated rings. The van der Waals surface area contributed by atoms with Gasteiger partial charge in [-0.3, -0.25) is 4.79 Å². The van der Waals surface area contributed by atoms with Crippen LogP contribution in [-0.2, 0) is 12.8 Å². The van der Waals surface area contributed by atoms with Crippen molar-refractivity contribution in [2.75, 3.05) is 17.7 Å². The van der Waals surface area contributed by atoms with Gasteiger partial charge in [0.15, 0.2) is 6.04 Å². The Labute approximate surface area is 197 Å². The van der Waals surface area contributed by atoms with Crippen molar-refractivity contribution in [3.63, 3.8) is 0 Å². The Hall–Kier alpha value is -3.52. The largest absolute Gasteiger partial charge is 0.496 e. The molecular formula is C23H20F3N5O2S. The summed E-state index contributed by atoms with van der Waals surface area (Å²) < 4.78 is 48.1. The minimum absolute atomic E-state index is 0.0219. The van der Waals surface area contributed by atoms with E-state index in [1.54, 1.807) is 24.3 Å². The van der Waals surface area contributed by atoms with E-state index in [1.807, 2.05) is 0 Å². The van der Waals surface area contributed by atoms with Crippen molar-refractivity contribution in [1.29, 1.82) is 5.26 Å². The third kappa shape index (κ3) is 3.68. The summed E-state index contributed by atoms with van der Waals surface area (Å²) in [6.07, 6.45) is -1.15. The quantitative estimate of drug-likeness (QED) is 0.526. The lowest BCUT2D eigenvalue weighted by Gasteiger charge is -2.34. The molecule has 0 bridgehead atoms. The molecule has 5 rings (SSSR count). The molecule has 11 heteroatoms. The van der Waals surface area contributed by atoms with E-state index in [0.717, 1.165) is 40.6 Å². The lowest BCUT2D eigenvalue weighted by Crippen LogP contribution is -2.36. The molecule has 1 aromatic carbocycles. The monoisotopic (exact) mass is 487 g/mol. The van der Waals surface area contributed by atoms with Crippen LogP contribution in [0.15, 0.2) is 30.5 Å². The maximum Gasteiger partial charge on any atom is 0.410 e. The van der Waals surface area contributed by atoms with Crippen LogP contribution in [0.1, 0.15) is 56.9 Å². The average Bonchev–Trinajstić information content (AvgIpc) is 3.52. The summed E-state index contributed by atoms with van der Waals surface area (Å²) in [7, 11) is 1.46. The van der Waals surface area contributed by atoms with Crippen molar-refractivity contribution in [1.82, 2.24) is 9.78 Å². The smallest absolute Gasteiger partial charge is 0.410 e. The van der Waals surface area contributed by atoms with Gasteiger partial charge in [0.05, 0.1) is 24.9 Å². The molecule has 3 heterocycles. The number of carbonyl (C=O) groups excluding carboxylic acids is 1. The highest BCUT2D eigenvalue weighted by molar-refractivity contribution is 7.16. The second-order valence-electron chi connectivity index (χ2n) is 8.21. The number of benzene rings is 1. The van der Waals surface area contributed by atoms with Gasteiger partial charge in [-0.05, 0) is 30.9 Å². The van der Waals surface area contributed by atoms with Crippen LogP contribution in [0.4, 0.5) is 24.0 Å². The van der Waals surface area contributed by atoms with E-state index in [4.69, 9.17) is 4.74 Å². The molecule has 2 aliphatic rings. The van der Waals surface area contributed by atoms with E-state index < -0.39 is 24.2 Å². The highest BCUT2D eigenvalue weighted by Crippen LogP contribution is 2.46. The third-order valence-electron chi connectivity index (χ3n) is 6.26. The van der Waals surface area contributed by atoms with E-state index >= 15 is 0 Å². The molecule has 1 aliphatic carbocycles. The zero-order valence-corrected chi connectivity index (χ0v) is 18.9. The second-order valence-corrected chi connectivity index (χ2v) is 9.32. The molecule has 2 unspecified atom stereocenters. The van der Waals surface area contributed by atoms with E-state index in [1.165, 1.54) is 18.4 Å². The van der Waals surface area contributed by atoms with Gasteiger partial charge in [0, 0.05) is 16.9 Å². The number of anilines is 2. The zero-order chi connectivity index (χ0) is 24.0. The number of aryl methyl sites for hydroxylation is 1. The summed E-state index contributed by atoms with van der Waals surface area (Å²) in [6, 6.07) is 6.32. The van der Waals surface area contributed by atoms with Gasteiger partial charge in [-0.1, -0.05) is 18.2 Å². The summed E-state index contributed by atoms with van der Waals surface area (Å²) in [4.78, 5) is 14.2. The highest BCUT2D eigenvalue weighted by Gasteiger charge is 2.47. The minimum Gasteiger partial charge on any atom is -0.496 e. The number of nitrogens with zero attached hydrogens (tertiary/aromatic N) is 3. The number of carbonyl (C=O) groups is 1. The van der Waals surface area contributed by atoms with E-state index in [-0.39, 0.29) is 17.8 Å². The van der Waals surface area contributed by atoms with Gasteiger partial charge in [-0.25, -0.2) is 4.68 Å². The minimum atomic E-state index is -4.57. The van der Waals surface area contributed by atoms with Gasteiger partial charge < -0.3 is 15.4 Å². The summed E-state index contributed by atoms with van der Waals surface area (Å²) >= 11 is 1.34. The molecule has 7 nitrogen and oxygen atoms in total. The summed E-state index contributed by atoms with van der Waals surface area (Å²) in [6.45, 7) is 0. The van der Waals surface area contributed by atoms with Crippen molar-refractivity contribution in [3.8, 4) is 11.8 Å². The molecule has 0 saturated heterocycles. The number of hydrogen-bond acceptors (Lipinski definition) is 6.